The number of benzene rings is 2. The summed E-state index contributed by atoms with van der Waals surface area (Å²) in [5.74, 6) is 0.0217. The average molecular weight is 356 g/mol. The number of hydrogen-bond donors (Lipinski definition) is 1. The van der Waals surface area contributed by atoms with Gasteiger partial charge in [0.05, 0.1) is 5.02 Å². The van der Waals surface area contributed by atoms with Crippen LogP contribution in [0, 0.1) is 5.82 Å². The predicted octanol–water partition coefficient (Wildman–Crippen LogP) is 5.07. The lowest BCUT2D eigenvalue weighted by Crippen LogP contribution is -1.97. The fraction of sp³-hybridized carbons (Fsp3) is 0.0667. The molecule has 1 aromatic heterocycles. The molecule has 0 amide bonds. The summed E-state index contributed by atoms with van der Waals surface area (Å²) in [7, 11) is 0. The van der Waals surface area contributed by atoms with E-state index in [-0.39, 0.29) is 5.82 Å². The van der Waals surface area contributed by atoms with Crippen LogP contribution >= 0.6 is 27.5 Å². The van der Waals surface area contributed by atoms with Gasteiger partial charge in [-0.1, -0.05) is 17.7 Å². The zero-order chi connectivity index (χ0) is 14.3. The minimum absolute atomic E-state index is 0.339. The molecule has 2 nitrogen and oxygen atoms in total. The number of fused-ring (bicyclic) bond motifs is 1. The molecule has 0 radical (unpaired) electrons. The number of hydrogen-bond acceptors (Lipinski definition) is 2. The quantitative estimate of drug-likeness (QED) is 0.696. The molecule has 0 bridgehead atoms. The second-order valence-corrected chi connectivity index (χ2v) is 5.67. The predicted molar refractivity (Wildman–Crippen MR) is 79.4 cm³/mol. The lowest BCUT2D eigenvalue weighted by atomic mass is 10.1. The van der Waals surface area contributed by atoms with Crippen molar-refractivity contribution in [3.05, 3.63) is 69.1 Å². The van der Waals surface area contributed by atoms with E-state index in [1.54, 1.807) is 30.3 Å². The number of halogens is 3. The van der Waals surface area contributed by atoms with E-state index in [9.17, 15) is 9.50 Å². The molecule has 0 aliphatic heterocycles. The van der Waals surface area contributed by atoms with Gasteiger partial charge >= 0.3 is 0 Å². The van der Waals surface area contributed by atoms with Gasteiger partial charge in [0.15, 0.2) is 0 Å². The third-order valence-electron chi connectivity index (χ3n) is 3.03. The van der Waals surface area contributed by atoms with Gasteiger partial charge < -0.3 is 9.52 Å². The lowest BCUT2D eigenvalue weighted by molar-refractivity contribution is 0.192. The summed E-state index contributed by atoms with van der Waals surface area (Å²) in [5, 5.41) is 11.5. The smallest absolute Gasteiger partial charge is 0.138 e. The molecule has 0 fully saturated rings. The van der Waals surface area contributed by atoms with Crippen molar-refractivity contribution in [1.82, 2.24) is 0 Å². The highest BCUT2D eigenvalue weighted by molar-refractivity contribution is 9.10. The Morgan fingerprint density at radius 1 is 1.15 bits per heavy atom. The van der Waals surface area contributed by atoms with Crippen molar-refractivity contribution in [2.75, 3.05) is 0 Å². The molecule has 102 valence electrons. The van der Waals surface area contributed by atoms with Crippen molar-refractivity contribution < 1.29 is 13.9 Å². The van der Waals surface area contributed by atoms with Crippen LogP contribution in [0.2, 0.25) is 5.02 Å². The first-order valence-corrected chi connectivity index (χ1v) is 7.04. The van der Waals surface area contributed by atoms with E-state index in [1.807, 2.05) is 0 Å². The first kappa shape index (κ1) is 13.6. The van der Waals surface area contributed by atoms with Gasteiger partial charge in [-0.05, 0) is 57.9 Å². The van der Waals surface area contributed by atoms with Crippen LogP contribution in [0.25, 0.3) is 11.0 Å². The monoisotopic (exact) mass is 354 g/mol. The Morgan fingerprint density at radius 2 is 1.95 bits per heavy atom. The van der Waals surface area contributed by atoms with E-state index < -0.39 is 6.10 Å². The second-order valence-electron chi connectivity index (χ2n) is 4.41. The van der Waals surface area contributed by atoms with Crippen LogP contribution in [-0.2, 0) is 0 Å². The number of furan rings is 1. The Morgan fingerprint density at radius 3 is 2.70 bits per heavy atom. The van der Waals surface area contributed by atoms with Crippen LogP contribution in [0.3, 0.4) is 0 Å². The van der Waals surface area contributed by atoms with E-state index in [4.69, 9.17) is 16.0 Å². The summed E-state index contributed by atoms with van der Waals surface area (Å²) in [6, 6.07) is 11.0. The normalized spacial score (nSPS) is 12.8. The van der Waals surface area contributed by atoms with Crippen molar-refractivity contribution in [2.24, 2.45) is 0 Å². The molecule has 1 atom stereocenters. The van der Waals surface area contributed by atoms with E-state index in [0.717, 1.165) is 0 Å². The van der Waals surface area contributed by atoms with Crippen LogP contribution in [0.1, 0.15) is 17.4 Å². The molecule has 0 saturated heterocycles. The van der Waals surface area contributed by atoms with Gasteiger partial charge in [0.25, 0.3) is 0 Å². The fourth-order valence-electron chi connectivity index (χ4n) is 2.02. The van der Waals surface area contributed by atoms with Crippen LogP contribution < -0.4 is 0 Å². The van der Waals surface area contributed by atoms with Gasteiger partial charge in [-0.15, -0.1) is 0 Å². The van der Waals surface area contributed by atoms with Crippen LogP contribution in [0.5, 0.6) is 0 Å². The largest absolute Gasteiger partial charge is 0.458 e. The Kier molecular flexibility index (Phi) is 3.54. The minimum Gasteiger partial charge on any atom is -0.458 e. The Hall–Kier alpha value is -1.36. The standard InChI is InChI=1S/C15H9BrClFO2/c16-11-6-8(1-3-12(11)17)15(19)14-7-9-5-10(18)2-4-13(9)20-14/h1-7,15,19H. The van der Waals surface area contributed by atoms with Crippen LogP contribution in [0.4, 0.5) is 4.39 Å². The third kappa shape index (κ3) is 2.46. The van der Waals surface area contributed by atoms with E-state index in [1.165, 1.54) is 12.1 Å². The lowest BCUT2D eigenvalue weighted by Gasteiger charge is -2.09. The molecular formula is C15H9BrClFO2. The average Bonchev–Trinajstić information content (AvgIpc) is 2.84. The summed E-state index contributed by atoms with van der Waals surface area (Å²) in [6.07, 6.45) is -0.931. The highest BCUT2D eigenvalue weighted by Gasteiger charge is 2.16. The maximum absolute atomic E-state index is 13.1. The molecule has 5 heteroatoms. The molecule has 0 aliphatic carbocycles. The fourth-order valence-corrected chi connectivity index (χ4v) is 2.53. The Balaban J connectivity index is 2.02. The molecule has 1 unspecified atom stereocenters. The molecule has 3 aromatic rings. The number of rotatable bonds is 2. The third-order valence-corrected chi connectivity index (χ3v) is 4.24. The molecule has 0 saturated carbocycles. The van der Waals surface area contributed by atoms with Crippen molar-refractivity contribution >= 4 is 38.5 Å². The first-order chi connectivity index (χ1) is 9.54. The summed E-state index contributed by atoms with van der Waals surface area (Å²) in [4.78, 5) is 0. The van der Waals surface area contributed by atoms with E-state index >= 15 is 0 Å². The first-order valence-electron chi connectivity index (χ1n) is 5.86. The molecule has 1 N–H and O–H groups in total. The van der Waals surface area contributed by atoms with Gasteiger partial charge in [0.2, 0.25) is 0 Å². The SMILES string of the molecule is OC(c1ccc(Cl)c(Br)c1)c1cc2cc(F)ccc2o1. The summed E-state index contributed by atoms with van der Waals surface area (Å²) in [5.41, 5.74) is 1.18. The number of aliphatic hydroxyl groups is 1. The van der Waals surface area contributed by atoms with E-state index in [2.05, 4.69) is 15.9 Å². The Bertz CT molecular complexity index is 785. The minimum atomic E-state index is -0.931. The molecule has 3 rings (SSSR count). The van der Waals surface area contributed by atoms with Crippen LogP contribution in [0.15, 0.2) is 51.4 Å². The second kappa shape index (κ2) is 5.20. The summed E-state index contributed by atoms with van der Waals surface area (Å²) in [6.45, 7) is 0. The number of aliphatic hydroxyl groups excluding tert-OH is 1. The van der Waals surface area contributed by atoms with Crippen molar-refractivity contribution in [3.63, 3.8) is 0 Å². The highest BCUT2D eigenvalue weighted by Crippen LogP contribution is 2.32. The van der Waals surface area contributed by atoms with Crippen molar-refractivity contribution in [3.8, 4) is 0 Å². The van der Waals surface area contributed by atoms with Gasteiger partial charge in [0, 0.05) is 9.86 Å². The van der Waals surface area contributed by atoms with Gasteiger partial charge in [-0.25, -0.2) is 4.39 Å². The van der Waals surface area contributed by atoms with Gasteiger partial charge in [0.1, 0.15) is 23.3 Å². The van der Waals surface area contributed by atoms with Gasteiger partial charge in [-0.3, -0.25) is 0 Å². The zero-order valence-electron chi connectivity index (χ0n) is 10.1. The van der Waals surface area contributed by atoms with Gasteiger partial charge in [-0.2, -0.15) is 0 Å². The molecule has 2 aromatic carbocycles. The maximum atomic E-state index is 13.1. The summed E-state index contributed by atoms with van der Waals surface area (Å²) >= 11 is 9.23. The zero-order valence-corrected chi connectivity index (χ0v) is 12.5. The molecule has 0 spiro atoms. The molecule has 1 heterocycles. The van der Waals surface area contributed by atoms with Crippen molar-refractivity contribution in [1.29, 1.82) is 0 Å². The van der Waals surface area contributed by atoms with Crippen molar-refractivity contribution in [2.45, 2.75) is 6.10 Å². The van der Waals surface area contributed by atoms with Crippen LogP contribution in [-0.4, -0.2) is 5.11 Å². The topological polar surface area (TPSA) is 33.4 Å². The Labute approximate surface area is 127 Å². The highest BCUT2D eigenvalue weighted by atomic mass is 79.9. The summed E-state index contributed by atoms with van der Waals surface area (Å²) < 4.78 is 19.4. The molecule has 20 heavy (non-hydrogen) atoms. The maximum Gasteiger partial charge on any atom is 0.138 e. The molecule has 0 aliphatic rings. The van der Waals surface area contributed by atoms with E-state index in [0.29, 0.717) is 31.8 Å². The molecular weight excluding hydrogens is 347 g/mol.